The monoisotopic (exact) mass is 416 g/mol. The molecule has 0 atom stereocenters. The molecule has 3 aromatic heterocycles. The number of benzene rings is 1. The number of nitrogens with one attached hydrogen (secondary N) is 2. The van der Waals surface area contributed by atoms with Crippen LogP contribution in [0, 0.1) is 5.92 Å². The number of piperidine rings is 1. The van der Waals surface area contributed by atoms with E-state index < -0.39 is 0 Å². The van der Waals surface area contributed by atoms with Crippen LogP contribution in [0.1, 0.15) is 31.2 Å². The average Bonchev–Trinajstić information content (AvgIpc) is 3.23. The quantitative estimate of drug-likeness (QED) is 0.441. The van der Waals surface area contributed by atoms with Gasteiger partial charge in [0.05, 0.1) is 5.52 Å². The SMILES string of the molecule is CCOCc1nc2c([nH]1)c(N)nc1cc(-c3cccnc3)cc(CC3CCNCC3)c12. The summed E-state index contributed by atoms with van der Waals surface area (Å²) in [6.07, 6.45) is 7.05. The van der Waals surface area contributed by atoms with Crippen LogP contribution in [0.4, 0.5) is 5.82 Å². The van der Waals surface area contributed by atoms with Gasteiger partial charge in [0.15, 0.2) is 0 Å². The fraction of sp³-hybridized carbons (Fsp3) is 0.375. The summed E-state index contributed by atoms with van der Waals surface area (Å²) in [7, 11) is 0. The first kappa shape index (κ1) is 19.9. The molecule has 7 nitrogen and oxygen atoms in total. The van der Waals surface area contributed by atoms with Crippen molar-refractivity contribution >= 4 is 27.8 Å². The van der Waals surface area contributed by atoms with E-state index in [0.717, 1.165) is 58.4 Å². The van der Waals surface area contributed by atoms with Crippen molar-refractivity contribution in [3.8, 4) is 11.1 Å². The van der Waals surface area contributed by atoms with E-state index in [1.54, 1.807) is 6.20 Å². The van der Waals surface area contributed by atoms with Gasteiger partial charge in [0.2, 0.25) is 0 Å². The molecule has 0 bridgehead atoms. The minimum absolute atomic E-state index is 0.434. The fourth-order valence-electron chi connectivity index (χ4n) is 4.55. The second kappa shape index (κ2) is 8.61. The largest absolute Gasteiger partial charge is 0.382 e. The number of aromatic amines is 1. The molecule has 0 spiro atoms. The van der Waals surface area contributed by atoms with Crippen molar-refractivity contribution in [1.82, 2.24) is 25.3 Å². The van der Waals surface area contributed by atoms with E-state index in [0.29, 0.717) is 24.9 Å². The van der Waals surface area contributed by atoms with Gasteiger partial charge in [0.25, 0.3) is 0 Å². The molecule has 1 aliphatic rings. The van der Waals surface area contributed by atoms with Crippen molar-refractivity contribution in [2.24, 2.45) is 5.92 Å². The molecule has 31 heavy (non-hydrogen) atoms. The Morgan fingerprint density at radius 2 is 2.03 bits per heavy atom. The van der Waals surface area contributed by atoms with E-state index in [2.05, 4.69) is 33.5 Å². The number of H-pyrrole nitrogens is 1. The van der Waals surface area contributed by atoms with E-state index in [4.69, 9.17) is 20.4 Å². The van der Waals surface area contributed by atoms with Crippen LogP contribution >= 0.6 is 0 Å². The summed E-state index contributed by atoms with van der Waals surface area (Å²) in [4.78, 5) is 17.3. The Morgan fingerprint density at radius 1 is 1.16 bits per heavy atom. The number of nitrogen functional groups attached to an aromatic ring is 1. The molecule has 1 fully saturated rings. The highest BCUT2D eigenvalue weighted by atomic mass is 16.5. The molecule has 1 saturated heterocycles. The number of fused-ring (bicyclic) bond motifs is 3. The highest BCUT2D eigenvalue weighted by Crippen LogP contribution is 2.35. The Balaban J connectivity index is 1.70. The van der Waals surface area contributed by atoms with E-state index in [1.807, 2.05) is 19.2 Å². The molecule has 1 aliphatic heterocycles. The number of rotatable bonds is 6. The number of anilines is 1. The predicted molar refractivity (Wildman–Crippen MR) is 124 cm³/mol. The number of nitrogens with zero attached hydrogens (tertiary/aromatic N) is 3. The Kier molecular flexibility index (Phi) is 5.53. The van der Waals surface area contributed by atoms with Crippen LogP contribution in [0.15, 0.2) is 36.7 Å². The van der Waals surface area contributed by atoms with Crippen molar-refractivity contribution in [2.45, 2.75) is 32.8 Å². The lowest BCUT2D eigenvalue weighted by atomic mass is 9.88. The Hall–Kier alpha value is -3.03. The summed E-state index contributed by atoms with van der Waals surface area (Å²) >= 11 is 0. The first-order chi connectivity index (χ1) is 15.2. The van der Waals surface area contributed by atoms with Gasteiger partial charge in [-0.15, -0.1) is 0 Å². The lowest BCUT2D eigenvalue weighted by Crippen LogP contribution is -2.28. The number of hydrogen-bond donors (Lipinski definition) is 3. The zero-order valence-corrected chi connectivity index (χ0v) is 17.8. The van der Waals surface area contributed by atoms with Gasteiger partial charge in [0.1, 0.15) is 29.3 Å². The van der Waals surface area contributed by atoms with Crippen LogP contribution in [-0.4, -0.2) is 39.6 Å². The van der Waals surface area contributed by atoms with Crippen molar-refractivity contribution in [3.05, 3.63) is 48.0 Å². The minimum Gasteiger partial charge on any atom is -0.382 e. The first-order valence-electron chi connectivity index (χ1n) is 11.0. The topological polar surface area (TPSA) is 102 Å². The van der Waals surface area contributed by atoms with Crippen LogP contribution in [0.2, 0.25) is 0 Å². The number of nitrogens with two attached hydrogens (primary N) is 1. The molecule has 1 aromatic carbocycles. The molecule has 4 aromatic rings. The van der Waals surface area contributed by atoms with Gasteiger partial charge < -0.3 is 20.8 Å². The minimum atomic E-state index is 0.434. The van der Waals surface area contributed by atoms with Crippen molar-refractivity contribution in [2.75, 3.05) is 25.4 Å². The summed E-state index contributed by atoms with van der Waals surface area (Å²) < 4.78 is 5.56. The molecule has 0 amide bonds. The zero-order chi connectivity index (χ0) is 21.2. The van der Waals surface area contributed by atoms with Crippen LogP contribution in [-0.2, 0) is 17.8 Å². The Labute approximate surface area is 181 Å². The van der Waals surface area contributed by atoms with Crippen LogP contribution in [0.5, 0.6) is 0 Å². The molecule has 0 aliphatic carbocycles. The van der Waals surface area contributed by atoms with Gasteiger partial charge in [-0.05, 0) is 68.5 Å². The summed E-state index contributed by atoms with van der Waals surface area (Å²) in [6, 6.07) is 8.43. The molecule has 7 heteroatoms. The second-order valence-corrected chi connectivity index (χ2v) is 8.21. The van der Waals surface area contributed by atoms with E-state index in [1.165, 1.54) is 18.4 Å². The lowest BCUT2D eigenvalue weighted by molar-refractivity contribution is 0.129. The average molecular weight is 417 g/mol. The molecule has 0 radical (unpaired) electrons. The predicted octanol–water partition coefficient (Wildman–Crippen LogP) is 3.83. The molecule has 5 rings (SSSR count). The van der Waals surface area contributed by atoms with Crippen molar-refractivity contribution < 1.29 is 4.74 Å². The normalized spacial score (nSPS) is 15.1. The molecular weight excluding hydrogens is 388 g/mol. The molecule has 4 N–H and O–H groups in total. The number of hydrogen-bond acceptors (Lipinski definition) is 6. The van der Waals surface area contributed by atoms with Gasteiger partial charge >= 0.3 is 0 Å². The third kappa shape index (κ3) is 3.98. The maximum atomic E-state index is 6.34. The fourth-order valence-corrected chi connectivity index (χ4v) is 4.55. The van der Waals surface area contributed by atoms with Gasteiger partial charge in [-0.3, -0.25) is 4.98 Å². The number of ether oxygens (including phenoxy) is 1. The smallest absolute Gasteiger partial charge is 0.150 e. The van der Waals surface area contributed by atoms with E-state index in [-0.39, 0.29) is 0 Å². The van der Waals surface area contributed by atoms with E-state index >= 15 is 0 Å². The summed E-state index contributed by atoms with van der Waals surface area (Å²) in [6.45, 7) is 5.20. The van der Waals surface area contributed by atoms with Crippen molar-refractivity contribution in [3.63, 3.8) is 0 Å². The maximum absolute atomic E-state index is 6.34. The van der Waals surface area contributed by atoms with E-state index in [9.17, 15) is 0 Å². The van der Waals surface area contributed by atoms with Crippen molar-refractivity contribution in [1.29, 1.82) is 0 Å². The highest BCUT2D eigenvalue weighted by Gasteiger charge is 2.20. The molecule has 0 saturated carbocycles. The summed E-state index contributed by atoms with van der Waals surface area (Å²) in [5.74, 6) is 1.89. The third-order valence-corrected chi connectivity index (χ3v) is 6.09. The number of imidazole rings is 1. The molecule has 0 unspecified atom stereocenters. The highest BCUT2D eigenvalue weighted by molar-refractivity contribution is 6.08. The Morgan fingerprint density at radius 3 is 2.81 bits per heavy atom. The van der Waals surface area contributed by atoms with Gasteiger partial charge in [-0.2, -0.15) is 0 Å². The van der Waals surface area contributed by atoms with Crippen LogP contribution < -0.4 is 11.1 Å². The van der Waals surface area contributed by atoms with Crippen LogP contribution in [0.25, 0.3) is 33.1 Å². The second-order valence-electron chi connectivity index (χ2n) is 8.21. The lowest BCUT2D eigenvalue weighted by Gasteiger charge is -2.23. The molecular formula is C24H28N6O. The Bertz CT molecular complexity index is 1200. The molecule has 160 valence electrons. The molecule has 4 heterocycles. The van der Waals surface area contributed by atoms with Crippen LogP contribution in [0.3, 0.4) is 0 Å². The summed E-state index contributed by atoms with van der Waals surface area (Å²) in [5.41, 5.74) is 12.4. The van der Waals surface area contributed by atoms with Gasteiger partial charge in [-0.25, -0.2) is 9.97 Å². The zero-order valence-electron chi connectivity index (χ0n) is 17.8. The number of pyridine rings is 2. The third-order valence-electron chi connectivity index (χ3n) is 6.09. The first-order valence-corrected chi connectivity index (χ1v) is 11.0. The van der Waals surface area contributed by atoms with Gasteiger partial charge in [0, 0.05) is 30.0 Å². The standard InChI is InChI=1S/C24H28N6O/c1-2-31-14-20-29-22-21-18(10-15-5-8-26-9-6-15)11-17(16-4-3-7-27-13-16)12-19(21)28-24(25)23(22)30-20/h3-4,7,11-13,15,26H,2,5-6,8-10,14H2,1H3,(H2,25,28)(H,29,30). The maximum Gasteiger partial charge on any atom is 0.150 e. The summed E-state index contributed by atoms with van der Waals surface area (Å²) in [5, 5.41) is 4.56. The number of aromatic nitrogens is 4. The van der Waals surface area contributed by atoms with Gasteiger partial charge in [-0.1, -0.05) is 12.1 Å².